The molecule has 0 spiro atoms. The minimum absolute atomic E-state index is 0.0990. The Morgan fingerprint density at radius 3 is 2.56 bits per heavy atom. The number of fused-ring (bicyclic) bond motifs is 1. The van der Waals surface area contributed by atoms with Crippen LogP contribution >= 0.6 is 11.6 Å². The lowest BCUT2D eigenvalue weighted by atomic mass is 10.0. The van der Waals surface area contributed by atoms with Crippen LogP contribution in [-0.4, -0.2) is 16.5 Å². The molecule has 7 nitrogen and oxygen atoms in total. The zero-order valence-electron chi connectivity index (χ0n) is 21.6. The average Bonchev–Trinajstić information content (AvgIpc) is 3.47. The van der Waals surface area contributed by atoms with Crippen molar-refractivity contribution in [3.05, 3.63) is 112 Å². The Kier molecular flexibility index (Phi) is 8.14. The molecule has 12 heteroatoms. The van der Waals surface area contributed by atoms with E-state index < -0.39 is 24.2 Å². The molecule has 0 radical (unpaired) electrons. The van der Waals surface area contributed by atoms with Crippen molar-refractivity contribution in [2.45, 2.75) is 32.0 Å². The predicted octanol–water partition coefficient (Wildman–Crippen LogP) is 7.14. The highest BCUT2D eigenvalue weighted by Crippen LogP contribution is 2.38. The maximum atomic E-state index is 15.0. The number of nitriles is 1. The Balaban J connectivity index is 1.62. The first-order valence-corrected chi connectivity index (χ1v) is 13.0. The van der Waals surface area contributed by atoms with Gasteiger partial charge in [-0.1, -0.05) is 61.0 Å². The van der Waals surface area contributed by atoms with Gasteiger partial charge in [0, 0.05) is 29.0 Å². The lowest BCUT2D eigenvalue weighted by molar-refractivity contribution is -0.0363. The van der Waals surface area contributed by atoms with E-state index in [1.54, 1.807) is 6.07 Å². The van der Waals surface area contributed by atoms with Gasteiger partial charge in [0.05, 0.1) is 39.6 Å². The van der Waals surface area contributed by atoms with Crippen LogP contribution in [-0.2, 0) is 0 Å². The van der Waals surface area contributed by atoms with E-state index in [4.69, 9.17) is 11.6 Å². The Morgan fingerprint density at radius 1 is 1.07 bits per heavy atom. The fraction of sp³-hybridized carbons (Fsp3) is 0.172. The summed E-state index contributed by atoms with van der Waals surface area (Å²) in [5.41, 5.74) is 6.90. The third-order valence-electron chi connectivity index (χ3n) is 6.75. The maximum absolute atomic E-state index is 15.0. The number of nitrogens with one attached hydrogen (secondary N) is 4. The number of anilines is 2. The number of benzene rings is 3. The Bertz CT molecular complexity index is 1640. The SMILES string of the molecule is CC[C@@H](Nc1c(C#N)cnc2c(Cl)cc(N[C@H](C3=CNNN3C(F)F)c3cccc(F)c3F)cc12)c1ccccc1. The van der Waals surface area contributed by atoms with Gasteiger partial charge in [0.1, 0.15) is 6.07 Å². The summed E-state index contributed by atoms with van der Waals surface area (Å²) in [6.07, 6.45) is 3.35. The van der Waals surface area contributed by atoms with Crippen LogP contribution in [0.15, 0.2) is 78.8 Å². The summed E-state index contributed by atoms with van der Waals surface area (Å²) in [5, 5.41) is 17.6. The monoisotopic (exact) mass is 581 g/mol. The van der Waals surface area contributed by atoms with E-state index in [0.717, 1.165) is 11.6 Å². The normalized spacial score (nSPS) is 14.4. The molecule has 4 N–H and O–H groups in total. The van der Waals surface area contributed by atoms with Gasteiger partial charge >= 0.3 is 6.55 Å². The van der Waals surface area contributed by atoms with Gasteiger partial charge in [-0.2, -0.15) is 14.0 Å². The largest absolute Gasteiger partial charge is 0.377 e. The molecule has 4 aromatic rings. The first kappa shape index (κ1) is 28.0. The van der Waals surface area contributed by atoms with E-state index >= 15 is 4.39 Å². The van der Waals surface area contributed by atoms with Crippen molar-refractivity contribution >= 4 is 33.9 Å². The van der Waals surface area contributed by atoms with Gasteiger partial charge in [-0.25, -0.2) is 13.8 Å². The molecule has 1 aliphatic rings. The maximum Gasteiger partial charge on any atom is 0.329 e. The van der Waals surface area contributed by atoms with Crippen molar-refractivity contribution in [1.82, 2.24) is 21.0 Å². The summed E-state index contributed by atoms with van der Waals surface area (Å²) in [4.78, 5) is 4.36. The summed E-state index contributed by atoms with van der Waals surface area (Å²) in [6.45, 7) is -0.996. The third kappa shape index (κ3) is 5.57. The number of rotatable bonds is 9. The molecule has 3 aromatic carbocycles. The van der Waals surface area contributed by atoms with E-state index in [0.29, 0.717) is 33.7 Å². The van der Waals surface area contributed by atoms with Gasteiger partial charge in [-0.15, -0.1) is 5.53 Å². The van der Waals surface area contributed by atoms with E-state index in [9.17, 15) is 18.4 Å². The minimum atomic E-state index is -3.00. The molecule has 2 atom stereocenters. The number of halogens is 5. The second-order valence-corrected chi connectivity index (χ2v) is 9.63. The van der Waals surface area contributed by atoms with Crippen molar-refractivity contribution in [2.75, 3.05) is 10.6 Å². The van der Waals surface area contributed by atoms with E-state index in [1.807, 2.05) is 37.3 Å². The van der Waals surface area contributed by atoms with Gasteiger partial charge in [-0.3, -0.25) is 4.98 Å². The standard InChI is InChI=1S/C29H24ClF4N7/c1-2-23(16-7-4-3-5-8-16)39-26-17(13-35)14-36-27-20(26)11-18(12-21(27)30)38-28(19-9-6-10-22(31)25(19)32)24-15-37-40-41(24)29(33)34/h3-12,14-15,23,28-29,37-38,40H,2H2,1H3,(H,36,39)/t23-,28+/m1/s1. The molecular formula is C29H24ClF4N7. The number of pyridine rings is 1. The molecule has 5 rings (SSSR count). The first-order chi connectivity index (χ1) is 19.8. The molecule has 0 saturated heterocycles. The van der Waals surface area contributed by atoms with Gasteiger partial charge in [0.25, 0.3) is 0 Å². The molecular weight excluding hydrogens is 558 g/mol. The fourth-order valence-corrected chi connectivity index (χ4v) is 5.05. The van der Waals surface area contributed by atoms with Crippen molar-refractivity contribution < 1.29 is 17.6 Å². The number of nitrogens with zero attached hydrogens (tertiary/aromatic N) is 3. The second kappa shape index (κ2) is 11.9. The van der Waals surface area contributed by atoms with E-state index in [1.165, 1.54) is 30.6 Å². The molecule has 0 fully saturated rings. The molecule has 0 saturated carbocycles. The highest BCUT2D eigenvalue weighted by molar-refractivity contribution is 6.35. The molecule has 0 bridgehead atoms. The molecule has 0 aliphatic carbocycles. The van der Waals surface area contributed by atoms with E-state index in [-0.39, 0.29) is 27.9 Å². The number of alkyl halides is 2. The van der Waals surface area contributed by atoms with Crippen molar-refractivity contribution in [3.8, 4) is 6.07 Å². The molecule has 2 heterocycles. The summed E-state index contributed by atoms with van der Waals surface area (Å²) >= 11 is 6.62. The summed E-state index contributed by atoms with van der Waals surface area (Å²) < 4.78 is 56.9. The molecule has 41 heavy (non-hydrogen) atoms. The van der Waals surface area contributed by atoms with Crippen LogP contribution in [0.25, 0.3) is 10.9 Å². The molecule has 210 valence electrons. The lowest BCUT2D eigenvalue weighted by Gasteiger charge is -2.28. The number of hydrogen-bond acceptors (Lipinski definition) is 7. The lowest BCUT2D eigenvalue weighted by Crippen LogP contribution is -2.42. The van der Waals surface area contributed by atoms with Gasteiger partial charge < -0.3 is 16.1 Å². The number of hydrazine groups is 2. The van der Waals surface area contributed by atoms with Crippen molar-refractivity contribution in [1.29, 1.82) is 5.26 Å². The zero-order chi connectivity index (χ0) is 29.1. The van der Waals surface area contributed by atoms with Crippen LogP contribution < -0.4 is 21.6 Å². The fourth-order valence-electron chi connectivity index (χ4n) is 4.78. The van der Waals surface area contributed by atoms with Gasteiger partial charge in [-0.05, 0) is 30.2 Å². The van der Waals surface area contributed by atoms with Crippen LogP contribution in [0.5, 0.6) is 0 Å². The molecule has 1 aromatic heterocycles. The third-order valence-corrected chi connectivity index (χ3v) is 7.04. The van der Waals surface area contributed by atoms with Crippen LogP contribution in [0.1, 0.15) is 42.1 Å². The second-order valence-electron chi connectivity index (χ2n) is 9.22. The highest BCUT2D eigenvalue weighted by atomic mass is 35.5. The van der Waals surface area contributed by atoms with Crippen LogP contribution in [0, 0.1) is 23.0 Å². The first-order valence-electron chi connectivity index (χ1n) is 12.6. The van der Waals surface area contributed by atoms with Crippen LogP contribution in [0.2, 0.25) is 5.02 Å². The van der Waals surface area contributed by atoms with Crippen molar-refractivity contribution in [3.63, 3.8) is 0 Å². The molecule has 1 aliphatic heterocycles. The summed E-state index contributed by atoms with van der Waals surface area (Å²) in [7, 11) is 0. The Hall–Kier alpha value is -4.53. The van der Waals surface area contributed by atoms with E-state index in [2.05, 4.69) is 32.6 Å². The van der Waals surface area contributed by atoms with Crippen molar-refractivity contribution in [2.24, 2.45) is 0 Å². The van der Waals surface area contributed by atoms with Crippen LogP contribution in [0.4, 0.5) is 28.9 Å². The van der Waals surface area contributed by atoms with Gasteiger partial charge in [0.15, 0.2) is 11.6 Å². The smallest absolute Gasteiger partial charge is 0.329 e. The molecule has 0 unspecified atom stereocenters. The topological polar surface area (TPSA) is 88.0 Å². The quantitative estimate of drug-likeness (QED) is 0.123. The zero-order valence-corrected chi connectivity index (χ0v) is 22.4. The number of aromatic nitrogens is 1. The van der Waals surface area contributed by atoms with Crippen LogP contribution in [0.3, 0.4) is 0 Å². The van der Waals surface area contributed by atoms with Gasteiger partial charge in [0.2, 0.25) is 0 Å². The molecule has 0 amide bonds. The Labute approximate surface area is 238 Å². The summed E-state index contributed by atoms with van der Waals surface area (Å²) in [6, 6.07) is 17.1. The number of hydrogen-bond donors (Lipinski definition) is 4. The predicted molar refractivity (Wildman–Crippen MR) is 149 cm³/mol. The minimum Gasteiger partial charge on any atom is -0.377 e. The summed E-state index contributed by atoms with van der Waals surface area (Å²) in [5.74, 6) is -2.32. The average molecular weight is 582 g/mol. The highest BCUT2D eigenvalue weighted by Gasteiger charge is 2.33. The Morgan fingerprint density at radius 2 is 1.85 bits per heavy atom.